The lowest BCUT2D eigenvalue weighted by atomic mass is 9.90. The number of ether oxygens (including phenoxy) is 2. The number of phenols is 1. The summed E-state index contributed by atoms with van der Waals surface area (Å²) in [5.74, 6) is -1.00. The Balaban J connectivity index is 1.26. The fourth-order valence-corrected chi connectivity index (χ4v) is 8.83. The number of hydrogen-bond acceptors (Lipinski definition) is 9. The Bertz CT molecular complexity index is 2020. The van der Waals surface area contributed by atoms with Crippen LogP contribution in [0.3, 0.4) is 0 Å². The molecule has 4 fully saturated rings. The Morgan fingerprint density at radius 1 is 1.21 bits per heavy atom. The van der Waals surface area contributed by atoms with Gasteiger partial charge in [-0.3, -0.25) is 9.88 Å². The summed E-state index contributed by atoms with van der Waals surface area (Å²) >= 11 is 0. The summed E-state index contributed by atoms with van der Waals surface area (Å²) in [4.78, 5) is 18.1. The van der Waals surface area contributed by atoms with Crippen LogP contribution in [0.2, 0.25) is 0 Å². The number of phenolic OH excluding ortho intramolecular Hbond substituents is 1. The molecule has 2 N–H and O–H groups in total. The van der Waals surface area contributed by atoms with E-state index in [4.69, 9.17) is 18.6 Å². The van der Waals surface area contributed by atoms with Crippen molar-refractivity contribution in [3.8, 4) is 23.0 Å². The number of nitrogens with one attached hydrogen (secondary N) is 1. The summed E-state index contributed by atoms with van der Waals surface area (Å²) in [5.41, 5.74) is -0.818. The zero-order valence-corrected chi connectivity index (χ0v) is 27.0. The second-order valence-corrected chi connectivity index (χ2v) is 14.0. The molecule has 4 saturated heterocycles. The molecule has 2 aromatic heterocycles. The number of rotatable bonds is 8. The lowest BCUT2D eigenvalue weighted by Gasteiger charge is -2.44. The lowest BCUT2D eigenvalue weighted by molar-refractivity contribution is 0.0350. The molecule has 0 aliphatic carbocycles. The van der Waals surface area contributed by atoms with Gasteiger partial charge in [0.25, 0.3) is 0 Å². The fraction of sp³-hybridized carbons (Fsp3) is 0.528. The van der Waals surface area contributed by atoms with E-state index in [0.29, 0.717) is 66.4 Å². The van der Waals surface area contributed by atoms with Crippen molar-refractivity contribution in [2.24, 2.45) is 0 Å². The third-order valence-electron chi connectivity index (χ3n) is 11.2. The highest BCUT2D eigenvalue weighted by Crippen LogP contribution is 2.43. The number of aryl methyl sites for hydroxylation is 1. The van der Waals surface area contributed by atoms with E-state index in [1.807, 2.05) is 4.90 Å². The van der Waals surface area contributed by atoms with Crippen LogP contribution in [-0.2, 0) is 11.2 Å². The first-order chi connectivity index (χ1) is 24.3. The summed E-state index contributed by atoms with van der Waals surface area (Å²) in [7, 11) is -2.59. The van der Waals surface area contributed by atoms with Gasteiger partial charge in [-0.25, -0.2) is 13.2 Å². The second-order valence-electron chi connectivity index (χ2n) is 14.0. The van der Waals surface area contributed by atoms with Gasteiger partial charge in [0.15, 0.2) is 5.82 Å². The molecule has 0 saturated carbocycles. The van der Waals surface area contributed by atoms with Crippen molar-refractivity contribution in [3.63, 3.8) is 0 Å². The normalized spacial score (nSPS) is 28.9. The molecular weight excluding hydrogens is 621 g/mol. The number of aromatic nitrogens is 3. The molecule has 2 bridgehead atoms. The van der Waals surface area contributed by atoms with Crippen LogP contribution in [0.25, 0.3) is 32.9 Å². The minimum Gasteiger partial charge on any atom is -0.508 e. The number of halogens is 3. The number of fused-ring (bicyclic) bond motifs is 5. The van der Waals surface area contributed by atoms with Crippen molar-refractivity contribution in [1.29, 1.82) is 0 Å². The number of aromatic hydroxyl groups is 1. The Hall–Kier alpha value is -3.74. The van der Waals surface area contributed by atoms with Crippen LogP contribution in [-0.4, -0.2) is 94.2 Å². The molecule has 2 aromatic carbocycles. The van der Waals surface area contributed by atoms with Crippen LogP contribution >= 0.6 is 0 Å². The minimum atomic E-state index is -2.59. The Labute approximate surface area is 281 Å². The molecule has 0 spiro atoms. The standard InChI is InChI=1S/C36H41F3N6O3/c1-4-25-28(38)7-6-21-12-24(46)13-26(29(21)25)31-30(39)32-27(15-40-31)33(44-17-23-8-10-36(18-44,43-23)20(2)47-3)42-34(41-32)48-19-35-9-5-11-45(35)16-22(37)14-35/h6-7,12-13,15,20,22-23,43,46H,4-5,8-11,14,16-19H2,1-3H3/t20?,22-,23-,35+,36+/m1/s1/i3D3. The van der Waals surface area contributed by atoms with Gasteiger partial charge < -0.3 is 24.8 Å². The third-order valence-corrected chi connectivity index (χ3v) is 11.2. The van der Waals surface area contributed by atoms with Crippen LogP contribution < -0.4 is 15.0 Å². The molecule has 0 amide bonds. The minimum absolute atomic E-state index is 0.0141. The fourth-order valence-electron chi connectivity index (χ4n) is 8.83. The van der Waals surface area contributed by atoms with Gasteiger partial charge >= 0.3 is 6.01 Å². The molecule has 48 heavy (non-hydrogen) atoms. The van der Waals surface area contributed by atoms with Gasteiger partial charge in [-0.2, -0.15) is 9.97 Å². The first kappa shape index (κ1) is 28.1. The number of pyridine rings is 1. The Morgan fingerprint density at radius 2 is 2.08 bits per heavy atom. The molecular formula is C36H41F3N6O3. The molecule has 12 heteroatoms. The van der Waals surface area contributed by atoms with Crippen molar-refractivity contribution in [2.75, 3.05) is 44.7 Å². The summed E-state index contributed by atoms with van der Waals surface area (Å²) in [6.45, 7) is 5.60. The predicted octanol–water partition coefficient (Wildman–Crippen LogP) is 5.69. The summed E-state index contributed by atoms with van der Waals surface area (Å²) in [6, 6.07) is 5.66. The maximum absolute atomic E-state index is 17.1. The van der Waals surface area contributed by atoms with E-state index in [1.165, 1.54) is 24.4 Å². The summed E-state index contributed by atoms with van der Waals surface area (Å²) in [6.07, 6.45) is 3.62. The lowest BCUT2D eigenvalue weighted by Crippen LogP contribution is -2.64. The van der Waals surface area contributed by atoms with Crippen molar-refractivity contribution < 1.29 is 31.9 Å². The highest BCUT2D eigenvalue weighted by molar-refractivity contribution is 6.01. The van der Waals surface area contributed by atoms with Crippen molar-refractivity contribution in [1.82, 2.24) is 25.2 Å². The van der Waals surface area contributed by atoms with Gasteiger partial charge in [-0.15, -0.1) is 0 Å². The number of alkyl halides is 1. The molecule has 254 valence electrons. The number of hydrogen-bond donors (Lipinski definition) is 2. The number of methoxy groups -OCH3 is 1. The smallest absolute Gasteiger partial charge is 0.319 e. The van der Waals surface area contributed by atoms with Crippen LogP contribution in [0.15, 0.2) is 30.5 Å². The molecule has 5 atom stereocenters. The molecule has 4 aliphatic heterocycles. The van der Waals surface area contributed by atoms with Crippen LogP contribution in [0, 0.1) is 11.6 Å². The summed E-state index contributed by atoms with van der Waals surface area (Å²) < 4.78 is 81.7. The van der Waals surface area contributed by atoms with E-state index in [-0.39, 0.29) is 41.2 Å². The SMILES string of the molecule is [2H]C([2H])([2H])OC(C)[C@]12CC[C@H](CN(c3nc(OC[C@@]45CCCN4C[C@H](F)C5)nc4c(F)c(-c5cc(O)cc6ccc(F)c(CC)c56)ncc34)C1)N2. The van der Waals surface area contributed by atoms with E-state index in [1.54, 1.807) is 19.9 Å². The molecule has 1 unspecified atom stereocenters. The Kier molecular flexibility index (Phi) is 6.86. The van der Waals surface area contributed by atoms with E-state index in [0.717, 1.165) is 25.8 Å². The van der Waals surface area contributed by atoms with Crippen molar-refractivity contribution in [3.05, 3.63) is 47.7 Å². The highest BCUT2D eigenvalue weighted by Gasteiger charge is 2.50. The number of piperazine rings is 1. The van der Waals surface area contributed by atoms with Crippen molar-refractivity contribution >= 4 is 27.5 Å². The maximum atomic E-state index is 17.1. The highest BCUT2D eigenvalue weighted by atomic mass is 19.1. The molecule has 4 aliphatic rings. The van der Waals surface area contributed by atoms with E-state index >= 15 is 8.78 Å². The van der Waals surface area contributed by atoms with Crippen LogP contribution in [0.5, 0.6) is 11.8 Å². The zero-order valence-electron chi connectivity index (χ0n) is 30.0. The maximum Gasteiger partial charge on any atom is 0.319 e. The molecule has 0 radical (unpaired) electrons. The van der Waals surface area contributed by atoms with Crippen molar-refractivity contribution in [2.45, 2.75) is 81.8 Å². The number of benzene rings is 2. The average molecular weight is 666 g/mol. The molecule has 4 aromatic rings. The van der Waals surface area contributed by atoms with Crippen LogP contribution in [0.1, 0.15) is 55.6 Å². The molecule has 8 rings (SSSR count). The van der Waals surface area contributed by atoms with Crippen LogP contribution in [0.4, 0.5) is 19.0 Å². The zero-order chi connectivity index (χ0) is 35.9. The van der Waals surface area contributed by atoms with Gasteiger partial charge in [0, 0.05) is 50.9 Å². The van der Waals surface area contributed by atoms with Gasteiger partial charge in [0.2, 0.25) is 0 Å². The van der Waals surface area contributed by atoms with E-state index in [9.17, 15) is 9.50 Å². The third kappa shape index (κ3) is 4.97. The topological polar surface area (TPSA) is 95.9 Å². The van der Waals surface area contributed by atoms with E-state index < -0.39 is 42.0 Å². The van der Waals surface area contributed by atoms with Gasteiger partial charge in [0.05, 0.1) is 26.7 Å². The van der Waals surface area contributed by atoms with E-state index in [2.05, 4.69) is 20.2 Å². The largest absolute Gasteiger partial charge is 0.508 e. The molecule has 9 nitrogen and oxygen atoms in total. The quantitative estimate of drug-likeness (QED) is 0.246. The number of anilines is 1. The summed E-state index contributed by atoms with van der Waals surface area (Å²) in [5, 5.41) is 15.5. The van der Waals surface area contributed by atoms with Gasteiger partial charge in [-0.1, -0.05) is 13.0 Å². The first-order valence-corrected chi connectivity index (χ1v) is 16.8. The Morgan fingerprint density at radius 3 is 2.92 bits per heavy atom. The average Bonchev–Trinajstić information content (AvgIpc) is 3.71. The second kappa shape index (κ2) is 11.7. The predicted molar refractivity (Wildman–Crippen MR) is 177 cm³/mol. The number of nitrogens with zero attached hydrogens (tertiary/aromatic N) is 5. The first-order valence-electron chi connectivity index (χ1n) is 18.3. The van der Waals surface area contributed by atoms with Gasteiger partial charge in [0.1, 0.15) is 41.4 Å². The molecule has 6 heterocycles. The monoisotopic (exact) mass is 665 g/mol. The van der Waals surface area contributed by atoms with Gasteiger partial charge in [-0.05, 0) is 80.1 Å².